The number of carbonyl (C=O) groups is 1. The van der Waals surface area contributed by atoms with Crippen LogP contribution < -0.4 is 4.90 Å². The monoisotopic (exact) mass is 439 g/mol. The van der Waals surface area contributed by atoms with Gasteiger partial charge in [0.2, 0.25) is 5.96 Å². The number of hydrogen-bond acceptors (Lipinski definition) is 4. The van der Waals surface area contributed by atoms with E-state index >= 15 is 0 Å². The Kier molecular flexibility index (Phi) is 5.01. The molecule has 2 atom stereocenters. The highest BCUT2D eigenvalue weighted by atomic mass is 16.2. The highest BCUT2D eigenvalue weighted by Crippen LogP contribution is 2.39. The number of guanidine groups is 1. The summed E-state index contributed by atoms with van der Waals surface area (Å²) in [5.41, 5.74) is 3.05. The molecule has 1 aromatic heterocycles. The molecule has 0 saturated heterocycles. The van der Waals surface area contributed by atoms with Crippen molar-refractivity contribution in [3.8, 4) is 0 Å². The number of aromatic nitrogens is 2. The van der Waals surface area contributed by atoms with E-state index in [0.29, 0.717) is 24.7 Å². The predicted octanol–water partition coefficient (Wildman–Crippen LogP) is 4.49. The smallest absolute Gasteiger partial charge is 0.280 e. The van der Waals surface area contributed by atoms with Crippen LogP contribution in [0.15, 0.2) is 65.7 Å². The van der Waals surface area contributed by atoms with Crippen LogP contribution in [0, 0.1) is 0 Å². The molecule has 168 valence electrons. The zero-order valence-corrected chi connectivity index (χ0v) is 19.0. The molecular weight excluding hydrogens is 410 g/mol. The zero-order valence-electron chi connectivity index (χ0n) is 19.0. The molecule has 6 rings (SSSR count). The van der Waals surface area contributed by atoms with Gasteiger partial charge in [0, 0.05) is 20.0 Å². The van der Waals surface area contributed by atoms with Crippen LogP contribution in [0.3, 0.4) is 0 Å². The summed E-state index contributed by atoms with van der Waals surface area (Å²) in [6, 6.07) is 21.3. The minimum absolute atomic E-state index is 0.0146. The van der Waals surface area contributed by atoms with E-state index in [1.807, 2.05) is 31.3 Å². The lowest BCUT2D eigenvalue weighted by molar-refractivity contribution is 0.0854. The van der Waals surface area contributed by atoms with Gasteiger partial charge >= 0.3 is 0 Å². The molecule has 3 aromatic rings. The standard InChI is InChI=1S/C27H29N5O/c1-30-26(33)24-25(32-22-16-10-4-9-15-21(22)28-27(30)32)29-23(17-19-11-5-2-6-12-19)31(24)18-20-13-7-3-8-14-20/h2-3,5-8,11-14,21-22H,4,9-10,15-18H2,1H3/t21-,22+/m1/s1. The lowest BCUT2D eigenvalue weighted by atomic mass is 10.0. The van der Waals surface area contributed by atoms with Crippen LogP contribution in [0.4, 0.5) is 5.82 Å². The lowest BCUT2D eigenvalue weighted by Crippen LogP contribution is -2.52. The Morgan fingerprint density at radius 3 is 2.36 bits per heavy atom. The van der Waals surface area contributed by atoms with Crippen LogP contribution >= 0.6 is 0 Å². The first-order valence-corrected chi connectivity index (χ1v) is 12.0. The van der Waals surface area contributed by atoms with Gasteiger partial charge in [0.05, 0.1) is 12.1 Å². The van der Waals surface area contributed by atoms with Crippen molar-refractivity contribution in [3.63, 3.8) is 0 Å². The molecule has 0 N–H and O–H groups in total. The summed E-state index contributed by atoms with van der Waals surface area (Å²) in [5.74, 6) is 2.49. The Hall–Kier alpha value is -3.41. The van der Waals surface area contributed by atoms with Crippen molar-refractivity contribution in [2.75, 3.05) is 11.9 Å². The SMILES string of the molecule is CN1C(=O)c2c(nc(Cc3ccccc3)n2Cc2ccccc2)N2C1=N[C@@H]1CCCCC[C@@H]12. The second-order valence-electron chi connectivity index (χ2n) is 9.37. The van der Waals surface area contributed by atoms with Crippen LogP contribution in [-0.2, 0) is 13.0 Å². The molecular formula is C27H29N5O. The van der Waals surface area contributed by atoms with E-state index in [0.717, 1.165) is 36.0 Å². The number of fused-ring (bicyclic) bond motifs is 5. The fourth-order valence-corrected chi connectivity index (χ4v) is 5.54. The Bertz CT molecular complexity index is 1200. The summed E-state index contributed by atoms with van der Waals surface area (Å²) in [6.45, 7) is 0.624. The van der Waals surface area contributed by atoms with E-state index in [9.17, 15) is 4.79 Å². The molecule has 1 amide bonds. The Morgan fingerprint density at radius 1 is 0.909 bits per heavy atom. The second kappa shape index (κ2) is 8.18. The molecule has 2 aromatic carbocycles. The molecule has 0 radical (unpaired) electrons. The molecule has 2 aliphatic heterocycles. The minimum Gasteiger partial charge on any atom is -0.317 e. The molecule has 0 spiro atoms. The molecule has 1 aliphatic carbocycles. The zero-order chi connectivity index (χ0) is 22.4. The summed E-state index contributed by atoms with van der Waals surface area (Å²) in [4.78, 5) is 27.9. The number of nitrogens with zero attached hydrogens (tertiary/aromatic N) is 5. The van der Waals surface area contributed by atoms with Crippen molar-refractivity contribution < 1.29 is 4.79 Å². The van der Waals surface area contributed by atoms with Crippen molar-refractivity contribution in [1.82, 2.24) is 14.5 Å². The van der Waals surface area contributed by atoms with Crippen molar-refractivity contribution in [1.29, 1.82) is 0 Å². The number of hydrogen-bond donors (Lipinski definition) is 0. The molecule has 6 heteroatoms. The van der Waals surface area contributed by atoms with Gasteiger partial charge in [-0.25, -0.2) is 9.98 Å². The quantitative estimate of drug-likeness (QED) is 0.602. The fourth-order valence-electron chi connectivity index (χ4n) is 5.54. The van der Waals surface area contributed by atoms with Crippen molar-refractivity contribution in [2.45, 2.75) is 57.2 Å². The van der Waals surface area contributed by atoms with Crippen LogP contribution in [-0.4, -0.2) is 45.4 Å². The third kappa shape index (κ3) is 3.45. The van der Waals surface area contributed by atoms with E-state index < -0.39 is 0 Å². The molecule has 33 heavy (non-hydrogen) atoms. The van der Waals surface area contributed by atoms with Crippen LogP contribution in [0.5, 0.6) is 0 Å². The van der Waals surface area contributed by atoms with Crippen molar-refractivity contribution in [2.24, 2.45) is 4.99 Å². The Labute approximate surface area is 194 Å². The van der Waals surface area contributed by atoms with E-state index in [-0.39, 0.29) is 11.9 Å². The van der Waals surface area contributed by atoms with Gasteiger partial charge in [-0.3, -0.25) is 14.6 Å². The third-order valence-corrected chi connectivity index (χ3v) is 7.22. The van der Waals surface area contributed by atoms with Crippen molar-refractivity contribution in [3.05, 3.63) is 83.3 Å². The number of benzene rings is 2. The predicted molar refractivity (Wildman–Crippen MR) is 130 cm³/mol. The number of anilines is 1. The first-order valence-electron chi connectivity index (χ1n) is 12.0. The van der Waals surface area contributed by atoms with Gasteiger partial charge < -0.3 is 4.57 Å². The second-order valence-corrected chi connectivity index (χ2v) is 9.37. The molecule has 3 heterocycles. The van der Waals surface area contributed by atoms with Gasteiger partial charge in [-0.15, -0.1) is 0 Å². The third-order valence-electron chi connectivity index (χ3n) is 7.22. The summed E-state index contributed by atoms with van der Waals surface area (Å²) >= 11 is 0. The molecule has 0 unspecified atom stereocenters. The van der Waals surface area contributed by atoms with Gasteiger partial charge in [0.25, 0.3) is 5.91 Å². The summed E-state index contributed by atoms with van der Waals surface area (Å²) in [7, 11) is 1.86. The number of carbonyl (C=O) groups excluding carboxylic acids is 1. The first kappa shape index (κ1) is 20.2. The summed E-state index contributed by atoms with van der Waals surface area (Å²) < 4.78 is 2.14. The Balaban J connectivity index is 1.49. The van der Waals surface area contributed by atoms with E-state index in [1.54, 1.807) is 4.90 Å². The number of rotatable bonds is 4. The topological polar surface area (TPSA) is 53.7 Å². The fraction of sp³-hybridized carbons (Fsp3) is 0.370. The molecule has 0 bridgehead atoms. The van der Waals surface area contributed by atoms with Gasteiger partial charge in [-0.2, -0.15) is 0 Å². The average molecular weight is 440 g/mol. The molecule has 1 saturated carbocycles. The van der Waals surface area contributed by atoms with Gasteiger partial charge in [0.1, 0.15) is 5.82 Å². The largest absolute Gasteiger partial charge is 0.317 e. The molecule has 6 nitrogen and oxygen atoms in total. The van der Waals surface area contributed by atoms with Crippen LogP contribution in [0.1, 0.15) is 59.5 Å². The highest BCUT2D eigenvalue weighted by molar-refractivity contribution is 6.18. The van der Waals surface area contributed by atoms with E-state index in [4.69, 9.17) is 9.98 Å². The van der Waals surface area contributed by atoms with E-state index in [1.165, 1.54) is 24.8 Å². The Morgan fingerprint density at radius 2 is 1.61 bits per heavy atom. The minimum atomic E-state index is -0.0146. The van der Waals surface area contributed by atoms with Crippen molar-refractivity contribution >= 4 is 17.7 Å². The van der Waals surface area contributed by atoms with Gasteiger partial charge in [-0.1, -0.05) is 79.9 Å². The normalized spacial score (nSPS) is 21.8. The van der Waals surface area contributed by atoms with Crippen LogP contribution in [0.25, 0.3) is 0 Å². The highest BCUT2D eigenvalue weighted by Gasteiger charge is 2.47. The summed E-state index contributed by atoms with van der Waals surface area (Å²) in [6.07, 6.45) is 6.54. The maximum Gasteiger partial charge on any atom is 0.280 e. The lowest BCUT2D eigenvalue weighted by Gasteiger charge is -2.35. The maximum atomic E-state index is 13.7. The molecule has 3 aliphatic rings. The van der Waals surface area contributed by atoms with Gasteiger partial charge in [-0.05, 0) is 24.0 Å². The average Bonchev–Trinajstić information content (AvgIpc) is 3.28. The van der Waals surface area contributed by atoms with E-state index in [2.05, 4.69) is 45.9 Å². The number of amides is 1. The van der Waals surface area contributed by atoms with Gasteiger partial charge in [0.15, 0.2) is 11.5 Å². The molecule has 1 fully saturated rings. The summed E-state index contributed by atoms with van der Waals surface area (Å²) in [5, 5.41) is 0. The maximum absolute atomic E-state index is 13.7. The first-order chi connectivity index (χ1) is 16.2. The number of aliphatic imine (C=N–C) groups is 1. The number of imidazole rings is 1. The van der Waals surface area contributed by atoms with Crippen LogP contribution in [0.2, 0.25) is 0 Å².